The summed E-state index contributed by atoms with van der Waals surface area (Å²) in [6.45, 7) is 7.27. The number of hydrogen-bond acceptors (Lipinski definition) is 4. The molecule has 0 fully saturated rings. The molecular formula is C21H21F4N3O. The average molecular weight is 407 g/mol. The predicted molar refractivity (Wildman–Crippen MR) is 106 cm³/mol. The Labute approximate surface area is 167 Å². The second-order valence-corrected chi connectivity index (χ2v) is 5.58. The number of rotatable bonds is 3. The molecule has 0 saturated heterocycles. The topological polar surface area (TPSA) is 62.3 Å². The maximum Gasteiger partial charge on any atom is 0.573 e. The molecule has 0 atom stereocenters. The molecule has 0 radical (unpaired) electrons. The fraction of sp³-hybridized carbons (Fsp3) is 0.286. The van der Waals surface area contributed by atoms with Crippen LogP contribution in [0.2, 0.25) is 0 Å². The van der Waals surface area contributed by atoms with E-state index < -0.39 is 17.9 Å². The van der Waals surface area contributed by atoms with E-state index in [1.165, 1.54) is 17.0 Å². The van der Waals surface area contributed by atoms with E-state index in [-0.39, 0.29) is 16.8 Å². The van der Waals surface area contributed by atoms with Crippen LogP contribution in [0.4, 0.5) is 28.9 Å². The van der Waals surface area contributed by atoms with Crippen LogP contribution in [0.25, 0.3) is 11.1 Å². The number of anilines is 2. The fourth-order valence-corrected chi connectivity index (χ4v) is 2.74. The van der Waals surface area contributed by atoms with E-state index in [9.17, 15) is 22.8 Å². The number of hydrogen-bond donors (Lipinski definition) is 1. The molecule has 2 N–H and O–H groups in total. The first-order chi connectivity index (χ1) is 13.6. The maximum atomic E-state index is 14.5. The molecule has 0 saturated carbocycles. The Kier molecular flexibility index (Phi) is 7.91. The van der Waals surface area contributed by atoms with Gasteiger partial charge in [-0.15, -0.1) is 13.2 Å². The first kappa shape index (κ1) is 23.6. The number of nitrogens with zero attached hydrogens (tertiary/aromatic N) is 2. The van der Waals surface area contributed by atoms with Crippen molar-refractivity contribution in [2.24, 2.45) is 0 Å². The molecule has 2 aromatic rings. The van der Waals surface area contributed by atoms with Gasteiger partial charge in [0.15, 0.2) is 0 Å². The number of halogens is 4. The summed E-state index contributed by atoms with van der Waals surface area (Å²) in [5.41, 5.74) is 7.50. The van der Waals surface area contributed by atoms with Gasteiger partial charge in [-0.25, -0.2) is 4.39 Å². The first-order valence-corrected chi connectivity index (χ1v) is 8.64. The zero-order chi connectivity index (χ0) is 22.4. The molecule has 0 aliphatic heterocycles. The average Bonchev–Trinajstić information content (AvgIpc) is 2.64. The van der Waals surface area contributed by atoms with E-state index >= 15 is 0 Å². The van der Waals surface area contributed by atoms with Gasteiger partial charge in [-0.05, 0) is 43.2 Å². The summed E-state index contributed by atoms with van der Waals surface area (Å²) in [6.07, 6.45) is -4.92. The Morgan fingerprint density at radius 2 is 1.76 bits per heavy atom. The van der Waals surface area contributed by atoms with Crippen molar-refractivity contribution < 1.29 is 22.3 Å². The van der Waals surface area contributed by atoms with Gasteiger partial charge in [-0.2, -0.15) is 5.26 Å². The normalized spacial score (nSPS) is 10.1. The molecule has 0 spiro atoms. The summed E-state index contributed by atoms with van der Waals surface area (Å²) in [5.74, 6) is 1.11. The molecule has 0 aromatic heterocycles. The molecular weight excluding hydrogens is 386 g/mol. The van der Waals surface area contributed by atoms with Crippen molar-refractivity contribution in [1.29, 1.82) is 5.26 Å². The summed E-state index contributed by atoms with van der Waals surface area (Å²) in [6, 6.07) is 9.00. The SMILES string of the molecule is CC.CC#CN(C)c1c(C)c(-c2ccc(OC(F)(F)F)cc2F)cc(N)c1C#N. The van der Waals surface area contributed by atoms with Gasteiger partial charge in [0, 0.05) is 24.7 Å². The minimum absolute atomic E-state index is 0.0253. The van der Waals surface area contributed by atoms with Gasteiger partial charge in [-0.3, -0.25) is 0 Å². The van der Waals surface area contributed by atoms with E-state index in [4.69, 9.17) is 5.73 Å². The van der Waals surface area contributed by atoms with Crippen LogP contribution in [0.15, 0.2) is 24.3 Å². The maximum absolute atomic E-state index is 14.5. The zero-order valence-corrected chi connectivity index (χ0v) is 16.7. The molecule has 2 aromatic carbocycles. The van der Waals surface area contributed by atoms with Crippen molar-refractivity contribution >= 4 is 11.4 Å². The Balaban J connectivity index is 0.00000204. The summed E-state index contributed by atoms with van der Waals surface area (Å²) in [5, 5.41) is 9.40. The molecule has 2 rings (SSSR count). The lowest BCUT2D eigenvalue weighted by Gasteiger charge is -2.21. The van der Waals surface area contributed by atoms with Gasteiger partial charge in [0.2, 0.25) is 0 Å². The number of nitrogen functional groups attached to an aromatic ring is 1. The third kappa shape index (κ3) is 5.55. The smallest absolute Gasteiger partial charge is 0.406 e. The molecule has 0 unspecified atom stereocenters. The summed E-state index contributed by atoms with van der Waals surface area (Å²) < 4.78 is 55.1. The van der Waals surface area contributed by atoms with Crippen LogP contribution < -0.4 is 15.4 Å². The van der Waals surface area contributed by atoms with Gasteiger partial charge >= 0.3 is 6.36 Å². The van der Waals surface area contributed by atoms with Crippen LogP contribution in [0.3, 0.4) is 0 Å². The monoisotopic (exact) mass is 407 g/mol. The van der Waals surface area contributed by atoms with E-state index in [1.807, 2.05) is 19.9 Å². The highest BCUT2D eigenvalue weighted by Gasteiger charge is 2.31. The van der Waals surface area contributed by atoms with Crippen molar-refractivity contribution in [2.75, 3.05) is 17.7 Å². The molecule has 0 aliphatic carbocycles. The highest BCUT2D eigenvalue weighted by Crippen LogP contribution is 2.38. The van der Waals surface area contributed by atoms with Crippen molar-refractivity contribution in [3.05, 3.63) is 41.2 Å². The largest absolute Gasteiger partial charge is 0.573 e. The van der Waals surface area contributed by atoms with Crippen molar-refractivity contribution in [1.82, 2.24) is 0 Å². The van der Waals surface area contributed by atoms with Crippen LogP contribution in [0, 0.1) is 36.0 Å². The number of nitriles is 1. The molecule has 0 aliphatic rings. The lowest BCUT2D eigenvalue weighted by molar-refractivity contribution is -0.274. The van der Waals surface area contributed by atoms with Crippen LogP contribution in [0.5, 0.6) is 5.75 Å². The quantitative estimate of drug-likeness (QED) is 0.312. The van der Waals surface area contributed by atoms with Crippen molar-refractivity contribution in [2.45, 2.75) is 34.1 Å². The Morgan fingerprint density at radius 1 is 1.14 bits per heavy atom. The second kappa shape index (κ2) is 9.70. The van der Waals surface area contributed by atoms with E-state index in [0.717, 1.165) is 6.07 Å². The summed E-state index contributed by atoms with van der Waals surface area (Å²) >= 11 is 0. The molecule has 0 amide bonds. The van der Waals surface area contributed by atoms with Crippen molar-refractivity contribution in [3.8, 4) is 34.9 Å². The fourth-order valence-electron chi connectivity index (χ4n) is 2.74. The Hall–Kier alpha value is -3.39. The van der Waals surface area contributed by atoms with Crippen LogP contribution in [0.1, 0.15) is 31.9 Å². The van der Waals surface area contributed by atoms with Gasteiger partial charge in [-0.1, -0.05) is 19.8 Å². The minimum atomic E-state index is -4.92. The Bertz CT molecular complexity index is 983. The standard InChI is InChI=1S/C19H15F4N3O.C2H6/c1-4-7-26(3)18-11(2)14(9-17(25)15(18)10-24)13-6-5-12(8-16(13)20)27-19(21,22)23;1-2/h5-6,8-9H,25H2,1-3H3;1-2H3. The Morgan fingerprint density at radius 3 is 2.24 bits per heavy atom. The number of nitrogens with two attached hydrogens (primary N) is 1. The highest BCUT2D eigenvalue weighted by molar-refractivity contribution is 5.85. The molecule has 4 nitrogen and oxygen atoms in total. The van der Waals surface area contributed by atoms with E-state index in [0.29, 0.717) is 22.9 Å². The third-order valence-electron chi connectivity index (χ3n) is 3.78. The summed E-state index contributed by atoms with van der Waals surface area (Å²) in [4.78, 5) is 1.49. The van der Waals surface area contributed by atoms with Gasteiger partial charge in [0.05, 0.1) is 16.9 Å². The van der Waals surface area contributed by atoms with Gasteiger partial charge in [0.25, 0.3) is 0 Å². The third-order valence-corrected chi connectivity index (χ3v) is 3.78. The van der Waals surface area contributed by atoms with E-state index in [1.54, 1.807) is 20.9 Å². The van der Waals surface area contributed by atoms with Crippen LogP contribution >= 0.6 is 0 Å². The minimum Gasteiger partial charge on any atom is -0.406 e. The number of alkyl halides is 3. The second-order valence-electron chi connectivity index (χ2n) is 5.58. The number of ether oxygens (including phenoxy) is 1. The molecule has 29 heavy (non-hydrogen) atoms. The highest BCUT2D eigenvalue weighted by atomic mass is 19.4. The van der Waals surface area contributed by atoms with Gasteiger partial charge in [0.1, 0.15) is 17.6 Å². The zero-order valence-electron chi connectivity index (χ0n) is 16.7. The van der Waals surface area contributed by atoms with Crippen LogP contribution in [-0.4, -0.2) is 13.4 Å². The predicted octanol–water partition coefficient (Wildman–Crippen LogP) is 5.60. The van der Waals surface area contributed by atoms with E-state index in [2.05, 4.69) is 16.7 Å². The van der Waals surface area contributed by atoms with Crippen LogP contribution in [-0.2, 0) is 0 Å². The molecule has 154 valence electrons. The summed E-state index contributed by atoms with van der Waals surface area (Å²) in [7, 11) is 1.62. The molecule has 8 heteroatoms. The lowest BCUT2D eigenvalue weighted by Crippen LogP contribution is -2.17. The molecule has 0 heterocycles. The lowest BCUT2D eigenvalue weighted by atomic mass is 9.94. The van der Waals surface area contributed by atoms with Gasteiger partial charge < -0.3 is 15.4 Å². The number of benzene rings is 2. The van der Waals surface area contributed by atoms with Crippen molar-refractivity contribution in [3.63, 3.8) is 0 Å². The molecule has 0 bridgehead atoms. The first-order valence-electron chi connectivity index (χ1n) is 8.64.